The summed E-state index contributed by atoms with van der Waals surface area (Å²) in [7, 11) is 1.50. The zero-order chi connectivity index (χ0) is 14.2. The van der Waals surface area contributed by atoms with Crippen molar-refractivity contribution in [3.63, 3.8) is 0 Å². The lowest BCUT2D eigenvalue weighted by Crippen LogP contribution is -2.32. The summed E-state index contributed by atoms with van der Waals surface area (Å²) >= 11 is 1.54. The molecule has 1 unspecified atom stereocenters. The number of rotatable bonds is 3. The van der Waals surface area contributed by atoms with Crippen LogP contribution in [0.3, 0.4) is 0 Å². The number of aromatic amines is 1. The fraction of sp³-hybridized carbons (Fsp3) is 0.364. The molecule has 0 aromatic carbocycles. The maximum atomic E-state index is 11.8. The molecule has 2 aromatic rings. The fourth-order valence-corrected chi connectivity index (χ4v) is 2.40. The van der Waals surface area contributed by atoms with Crippen molar-refractivity contribution in [2.75, 3.05) is 11.1 Å². The van der Waals surface area contributed by atoms with Crippen LogP contribution in [0.2, 0.25) is 0 Å². The topological polar surface area (TPSA) is 106 Å². The van der Waals surface area contributed by atoms with Gasteiger partial charge < -0.3 is 11.1 Å². The Morgan fingerprint density at radius 3 is 2.79 bits per heavy atom. The van der Waals surface area contributed by atoms with Gasteiger partial charge in [-0.15, -0.1) is 11.3 Å². The number of nitrogen functional groups attached to an aromatic ring is 1. The number of thiazole rings is 1. The molecule has 2 heterocycles. The van der Waals surface area contributed by atoms with Crippen LogP contribution in [0.25, 0.3) is 0 Å². The molecule has 0 bridgehead atoms. The monoisotopic (exact) mass is 281 g/mol. The average molecular weight is 281 g/mol. The van der Waals surface area contributed by atoms with E-state index in [1.807, 2.05) is 13.8 Å². The zero-order valence-electron chi connectivity index (χ0n) is 10.9. The van der Waals surface area contributed by atoms with Gasteiger partial charge >= 0.3 is 5.69 Å². The number of hydrogen-bond acceptors (Lipinski definition) is 6. The summed E-state index contributed by atoms with van der Waals surface area (Å²) in [5.74, 6) is 0.105. The van der Waals surface area contributed by atoms with Crippen molar-refractivity contribution in [1.29, 1.82) is 0 Å². The Morgan fingerprint density at radius 1 is 1.53 bits per heavy atom. The first-order valence-electron chi connectivity index (χ1n) is 5.67. The Kier molecular flexibility index (Phi) is 3.43. The van der Waals surface area contributed by atoms with Crippen molar-refractivity contribution in [2.45, 2.75) is 19.9 Å². The minimum absolute atomic E-state index is 0.105. The lowest BCUT2D eigenvalue weighted by molar-refractivity contribution is 0.799. The summed E-state index contributed by atoms with van der Waals surface area (Å²) in [6.07, 6.45) is 1.77. The number of nitrogens with two attached hydrogens (primary N) is 1. The molecule has 4 N–H and O–H groups in total. The molecular weight excluding hydrogens is 266 g/mol. The van der Waals surface area contributed by atoms with Crippen LogP contribution in [-0.2, 0) is 7.05 Å². The molecule has 7 nitrogen and oxygen atoms in total. The molecule has 0 spiro atoms. The Labute approximate surface area is 113 Å². The van der Waals surface area contributed by atoms with Crippen molar-refractivity contribution < 1.29 is 0 Å². The highest BCUT2D eigenvalue weighted by Gasteiger charge is 2.15. The second-order valence-electron chi connectivity index (χ2n) is 4.25. The highest BCUT2D eigenvalue weighted by Crippen LogP contribution is 2.23. The number of hydrogen-bond donors (Lipinski definition) is 3. The van der Waals surface area contributed by atoms with Crippen molar-refractivity contribution in [3.8, 4) is 0 Å². The van der Waals surface area contributed by atoms with Crippen molar-refractivity contribution in [2.24, 2.45) is 7.05 Å². The molecular formula is C11H15N5O2S. The molecule has 0 saturated heterocycles. The summed E-state index contributed by atoms with van der Waals surface area (Å²) < 4.78 is 1.18. The van der Waals surface area contributed by atoms with Gasteiger partial charge in [-0.25, -0.2) is 9.78 Å². The minimum Gasteiger partial charge on any atom is -0.383 e. The molecule has 2 aromatic heterocycles. The van der Waals surface area contributed by atoms with E-state index in [4.69, 9.17) is 5.73 Å². The van der Waals surface area contributed by atoms with Gasteiger partial charge in [-0.1, -0.05) is 0 Å². The first-order valence-corrected chi connectivity index (χ1v) is 6.49. The third-order valence-corrected chi connectivity index (χ3v) is 3.84. The predicted octanol–water partition coefficient (Wildman–Crippen LogP) is 0.594. The first kappa shape index (κ1) is 13.3. The molecule has 1 atom stereocenters. The summed E-state index contributed by atoms with van der Waals surface area (Å²) in [5, 5.41) is 3.85. The highest BCUT2D eigenvalue weighted by molar-refractivity contribution is 7.11. The molecule has 8 heteroatoms. The molecule has 0 aliphatic carbocycles. The van der Waals surface area contributed by atoms with Crippen LogP contribution in [0, 0.1) is 6.92 Å². The molecule has 0 amide bonds. The predicted molar refractivity (Wildman–Crippen MR) is 75.6 cm³/mol. The lowest BCUT2D eigenvalue weighted by atomic mass is 10.3. The SMILES string of the molecule is Cc1cnc(C(C)Nc2c(N)n(C)c(=O)[nH]c2=O)s1. The molecule has 0 saturated carbocycles. The molecule has 0 aliphatic heterocycles. The largest absolute Gasteiger partial charge is 0.383 e. The van der Waals surface area contributed by atoms with E-state index >= 15 is 0 Å². The Hall–Kier alpha value is -2.09. The number of nitrogens with zero attached hydrogens (tertiary/aromatic N) is 2. The third kappa shape index (κ3) is 2.53. The number of anilines is 2. The summed E-state index contributed by atoms with van der Waals surface area (Å²) in [4.78, 5) is 30.7. The Morgan fingerprint density at radius 2 is 2.21 bits per heavy atom. The van der Waals surface area contributed by atoms with Crippen LogP contribution in [-0.4, -0.2) is 14.5 Å². The van der Waals surface area contributed by atoms with Crippen LogP contribution < -0.4 is 22.3 Å². The normalized spacial score (nSPS) is 12.4. The van der Waals surface area contributed by atoms with E-state index in [2.05, 4.69) is 15.3 Å². The van der Waals surface area contributed by atoms with Gasteiger partial charge in [0.05, 0.1) is 6.04 Å². The van der Waals surface area contributed by atoms with Gasteiger partial charge in [-0.3, -0.25) is 14.3 Å². The quantitative estimate of drug-likeness (QED) is 0.763. The maximum absolute atomic E-state index is 11.8. The second kappa shape index (κ2) is 4.88. The standard InChI is InChI=1S/C11H15N5O2S/c1-5-4-13-10(19-5)6(2)14-7-8(12)16(3)11(18)15-9(7)17/h4,6,14H,12H2,1-3H3,(H,15,17,18). The third-order valence-electron chi connectivity index (χ3n) is 2.74. The molecule has 102 valence electrons. The van der Waals surface area contributed by atoms with Gasteiger partial charge in [0.2, 0.25) is 0 Å². The molecule has 2 rings (SSSR count). The number of aromatic nitrogens is 3. The van der Waals surface area contributed by atoms with Gasteiger partial charge in [0, 0.05) is 18.1 Å². The van der Waals surface area contributed by atoms with Crippen molar-refractivity contribution >= 4 is 22.8 Å². The van der Waals surface area contributed by atoms with E-state index in [0.717, 1.165) is 9.88 Å². The van der Waals surface area contributed by atoms with Crippen LogP contribution in [0.4, 0.5) is 11.5 Å². The van der Waals surface area contributed by atoms with Gasteiger partial charge in [0.25, 0.3) is 5.56 Å². The van der Waals surface area contributed by atoms with Gasteiger partial charge in [-0.2, -0.15) is 0 Å². The van der Waals surface area contributed by atoms with E-state index in [0.29, 0.717) is 0 Å². The Balaban J connectivity index is 2.37. The van der Waals surface area contributed by atoms with Crippen LogP contribution in [0.1, 0.15) is 22.9 Å². The highest BCUT2D eigenvalue weighted by atomic mass is 32.1. The number of nitrogens with one attached hydrogen (secondary N) is 2. The first-order chi connectivity index (χ1) is 8.90. The summed E-state index contributed by atoms with van der Waals surface area (Å²) in [5.41, 5.74) is 4.90. The van der Waals surface area contributed by atoms with E-state index in [-0.39, 0.29) is 17.5 Å². The molecule has 0 radical (unpaired) electrons. The summed E-state index contributed by atoms with van der Waals surface area (Å²) in [6.45, 7) is 3.84. The van der Waals surface area contributed by atoms with E-state index in [1.54, 1.807) is 6.20 Å². The number of H-pyrrole nitrogens is 1. The molecule has 0 fully saturated rings. The average Bonchev–Trinajstić information content (AvgIpc) is 2.78. The van der Waals surface area contributed by atoms with Crippen molar-refractivity contribution in [1.82, 2.24) is 14.5 Å². The van der Waals surface area contributed by atoms with E-state index < -0.39 is 11.2 Å². The zero-order valence-corrected chi connectivity index (χ0v) is 11.7. The van der Waals surface area contributed by atoms with Gasteiger partial charge in [0.15, 0.2) is 0 Å². The van der Waals surface area contributed by atoms with Crippen LogP contribution >= 0.6 is 11.3 Å². The fourth-order valence-electron chi connectivity index (χ4n) is 1.63. The van der Waals surface area contributed by atoms with Gasteiger partial charge in [0.1, 0.15) is 16.5 Å². The second-order valence-corrected chi connectivity index (χ2v) is 5.52. The lowest BCUT2D eigenvalue weighted by Gasteiger charge is -2.14. The minimum atomic E-state index is -0.536. The molecule has 19 heavy (non-hydrogen) atoms. The summed E-state index contributed by atoms with van der Waals surface area (Å²) in [6, 6.07) is -0.167. The van der Waals surface area contributed by atoms with Crippen LogP contribution in [0.5, 0.6) is 0 Å². The van der Waals surface area contributed by atoms with E-state index in [1.165, 1.54) is 23.0 Å². The van der Waals surface area contributed by atoms with E-state index in [9.17, 15) is 9.59 Å². The molecule has 0 aliphatic rings. The van der Waals surface area contributed by atoms with Crippen LogP contribution in [0.15, 0.2) is 15.8 Å². The Bertz CT molecular complexity index is 715. The maximum Gasteiger partial charge on any atom is 0.329 e. The van der Waals surface area contributed by atoms with Gasteiger partial charge in [-0.05, 0) is 13.8 Å². The smallest absolute Gasteiger partial charge is 0.329 e. The van der Waals surface area contributed by atoms with Crippen molar-refractivity contribution in [3.05, 3.63) is 36.9 Å². The number of aryl methyl sites for hydroxylation is 1.